The highest BCUT2D eigenvalue weighted by atomic mass is 16.5. The van der Waals surface area contributed by atoms with Gasteiger partial charge in [-0.15, -0.1) is 0 Å². The van der Waals surface area contributed by atoms with Gasteiger partial charge in [-0.3, -0.25) is 14.5 Å². The maximum Gasteiger partial charge on any atom is 0.310 e. The number of piperidine rings is 1. The molecule has 0 bridgehead atoms. The topological polar surface area (TPSA) is 63.0 Å². The largest absolute Gasteiger partial charge is 0.467 e. The molecule has 1 aromatic heterocycles. The van der Waals surface area contributed by atoms with Gasteiger partial charge in [0.15, 0.2) is 0 Å². The lowest BCUT2D eigenvalue weighted by Gasteiger charge is -2.32. The van der Waals surface area contributed by atoms with Gasteiger partial charge in [-0.2, -0.15) is 0 Å². The second kappa shape index (κ2) is 10.1. The lowest BCUT2D eigenvalue weighted by Crippen LogP contribution is -2.45. The zero-order chi connectivity index (χ0) is 19.8. The van der Waals surface area contributed by atoms with Crippen molar-refractivity contribution in [2.45, 2.75) is 32.9 Å². The SMILES string of the molecule is CCOC(=O)C1CCCN(CC(=O)N(Cc2ccccc2)Cc2ccco2)C1. The lowest BCUT2D eigenvalue weighted by atomic mass is 9.98. The summed E-state index contributed by atoms with van der Waals surface area (Å²) in [7, 11) is 0. The van der Waals surface area contributed by atoms with E-state index < -0.39 is 0 Å². The number of esters is 1. The van der Waals surface area contributed by atoms with E-state index in [1.54, 1.807) is 6.26 Å². The Morgan fingerprint density at radius 2 is 2.00 bits per heavy atom. The molecule has 6 nitrogen and oxygen atoms in total. The quantitative estimate of drug-likeness (QED) is 0.655. The molecule has 1 aromatic carbocycles. The van der Waals surface area contributed by atoms with Crippen LogP contribution in [0.15, 0.2) is 53.1 Å². The summed E-state index contributed by atoms with van der Waals surface area (Å²) in [6.45, 7) is 4.85. The van der Waals surface area contributed by atoms with E-state index in [9.17, 15) is 9.59 Å². The van der Waals surface area contributed by atoms with Crippen LogP contribution in [0.3, 0.4) is 0 Å². The summed E-state index contributed by atoms with van der Waals surface area (Å²) in [6, 6.07) is 13.6. The standard InChI is InChI=1S/C22H28N2O4/c1-2-27-22(26)19-10-6-12-23(15-19)17-21(25)24(16-20-11-7-13-28-20)14-18-8-4-3-5-9-18/h3-5,7-9,11,13,19H,2,6,10,12,14-17H2,1H3. The van der Waals surface area contributed by atoms with Crippen molar-refractivity contribution in [3.63, 3.8) is 0 Å². The van der Waals surface area contributed by atoms with E-state index >= 15 is 0 Å². The summed E-state index contributed by atoms with van der Waals surface area (Å²) < 4.78 is 10.6. The molecule has 1 aliphatic heterocycles. The van der Waals surface area contributed by atoms with Crippen molar-refractivity contribution in [1.29, 1.82) is 0 Å². The highest BCUT2D eigenvalue weighted by molar-refractivity contribution is 5.78. The van der Waals surface area contributed by atoms with Crippen molar-refractivity contribution >= 4 is 11.9 Å². The van der Waals surface area contributed by atoms with Crippen LogP contribution in [0, 0.1) is 5.92 Å². The summed E-state index contributed by atoms with van der Waals surface area (Å²) >= 11 is 0. The predicted octanol–water partition coefficient (Wildman–Crippen LogP) is 3.08. The second-order valence-electron chi connectivity index (χ2n) is 7.14. The minimum absolute atomic E-state index is 0.0322. The molecule has 0 aliphatic carbocycles. The number of nitrogens with zero attached hydrogens (tertiary/aromatic N) is 2. The van der Waals surface area contributed by atoms with Crippen LogP contribution in [-0.4, -0.2) is 47.9 Å². The fraction of sp³-hybridized carbons (Fsp3) is 0.455. The third-order valence-electron chi connectivity index (χ3n) is 4.98. The molecule has 1 aliphatic rings. The van der Waals surface area contributed by atoms with Gasteiger partial charge in [-0.25, -0.2) is 0 Å². The minimum atomic E-state index is -0.156. The highest BCUT2D eigenvalue weighted by Gasteiger charge is 2.29. The average Bonchev–Trinajstić information content (AvgIpc) is 3.22. The Bertz CT molecular complexity index is 745. The van der Waals surface area contributed by atoms with E-state index in [1.165, 1.54) is 0 Å². The predicted molar refractivity (Wildman–Crippen MR) is 105 cm³/mol. The normalized spacial score (nSPS) is 17.2. The monoisotopic (exact) mass is 384 g/mol. The number of hydrogen-bond donors (Lipinski definition) is 0. The summed E-state index contributed by atoms with van der Waals surface area (Å²) in [5, 5.41) is 0. The number of carbonyl (C=O) groups is 2. The summed E-state index contributed by atoms with van der Waals surface area (Å²) in [5.74, 6) is 0.489. The van der Waals surface area contributed by atoms with E-state index in [0.29, 0.717) is 32.8 Å². The summed E-state index contributed by atoms with van der Waals surface area (Å²) in [5.41, 5.74) is 1.07. The van der Waals surface area contributed by atoms with Gasteiger partial charge in [0.1, 0.15) is 5.76 Å². The highest BCUT2D eigenvalue weighted by Crippen LogP contribution is 2.19. The number of amides is 1. The molecule has 28 heavy (non-hydrogen) atoms. The van der Waals surface area contributed by atoms with Crippen molar-refractivity contribution in [2.24, 2.45) is 5.92 Å². The molecule has 3 rings (SSSR count). The Kier molecular flexibility index (Phi) is 7.25. The molecule has 150 valence electrons. The molecule has 1 fully saturated rings. The van der Waals surface area contributed by atoms with E-state index in [0.717, 1.165) is 30.7 Å². The smallest absolute Gasteiger partial charge is 0.310 e. The number of ether oxygens (including phenoxy) is 1. The zero-order valence-electron chi connectivity index (χ0n) is 16.4. The Hall–Kier alpha value is -2.60. The molecule has 0 saturated carbocycles. The van der Waals surface area contributed by atoms with E-state index in [-0.39, 0.29) is 17.8 Å². The van der Waals surface area contributed by atoms with Crippen molar-refractivity contribution < 1.29 is 18.7 Å². The molecule has 0 spiro atoms. The molecule has 1 saturated heterocycles. The minimum Gasteiger partial charge on any atom is -0.467 e. The van der Waals surface area contributed by atoms with Gasteiger partial charge in [0.05, 0.1) is 31.9 Å². The van der Waals surface area contributed by atoms with Crippen LogP contribution in [0.2, 0.25) is 0 Å². The third kappa shape index (κ3) is 5.70. The zero-order valence-corrected chi connectivity index (χ0v) is 16.4. The van der Waals surface area contributed by atoms with Crippen LogP contribution in [-0.2, 0) is 27.4 Å². The molecular weight excluding hydrogens is 356 g/mol. The van der Waals surface area contributed by atoms with Gasteiger partial charge in [-0.1, -0.05) is 30.3 Å². The fourth-order valence-electron chi connectivity index (χ4n) is 3.57. The van der Waals surface area contributed by atoms with Crippen LogP contribution in [0.25, 0.3) is 0 Å². The lowest BCUT2D eigenvalue weighted by molar-refractivity contribution is -0.150. The average molecular weight is 384 g/mol. The number of rotatable bonds is 8. The summed E-state index contributed by atoms with van der Waals surface area (Å²) in [4.78, 5) is 29.0. The van der Waals surface area contributed by atoms with Gasteiger partial charge in [0, 0.05) is 13.1 Å². The number of benzene rings is 1. The van der Waals surface area contributed by atoms with Crippen molar-refractivity contribution in [3.8, 4) is 0 Å². The van der Waals surface area contributed by atoms with E-state index in [1.807, 2.05) is 54.3 Å². The van der Waals surface area contributed by atoms with Gasteiger partial charge in [-0.05, 0) is 44.0 Å². The first-order valence-electron chi connectivity index (χ1n) is 9.88. The molecular formula is C22H28N2O4. The molecule has 0 radical (unpaired) electrons. The fourth-order valence-corrected chi connectivity index (χ4v) is 3.57. The molecule has 1 unspecified atom stereocenters. The van der Waals surface area contributed by atoms with Gasteiger partial charge < -0.3 is 14.1 Å². The van der Waals surface area contributed by atoms with Crippen molar-refractivity contribution in [3.05, 3.63) is 60.1 Å². The Labute approximate surface area is 166 Å². The summed E-state index contributed by atoms with van der Waals surface area (Å²) in [6.07, 6.45) is 3.34. The first-order valence-corrected chi connectivity index (χ1v) is 9.88. The second-order valence-corrected chi connectivity index (χ2v) is 7.14. The van der Waals surface area contributed by atoms with Gasteiger partial charge in [0.25, 0.3) is 0 Å². The van der Waals surface area contributed by atoms with Crippen molar-refractivity contribution in [1.82, 2.24) is 9.80 Å². The first kappa shape index (κ1) is 20.1. The number of likely N-dealkylation sites (tertiary alicyclic amines) is 1. The molecule has 1 amide bonds. The van der Waals surface area contributed by atoms with Gasteiger partial charge >= 0.3 is 5.97 Å². The molecule has 0 N–H and O–H groups in total. The first-order chi connectivity index (χ1) is 13.7. The van der Waals surface area contributed by atoms with Crippen LogP contribution < -0.4 is 0 Å². The number of furan rings is 1. The van der Waals surface area contributed by atoms with Crippen LogP contribution in [0.4, 0.5) is 0 Å². The Morgan fingerprint density at radius 1 is 1.18 bits per heavy atom. The maximum atomic E-state index is 13.1. The molecule has 2 heterocycles. The third-order valence-corrected chi connectivity index (χ3v) is 4.98. The Balaban J connectivity index is 1.64. The van der Waals surface area contributed by atoms with Crippen LogP contribution >= 0.6 is 0 Å². The van der Waals surface area contributed by atoms with Crippen LogP contribution in [0.5, 0.6) is 0 Å². The number of carbonyl (C=O) groups excluding carboxylic acids is 2. The van der Waals surface area contributed by atoms with Crippen LogP contribution in [0.1, 0.15) is 31.1 Å². The molecule has 1 atom stereocenters. The molecule has 2 aromatic rings. The Morgan fingerprint density at radius 3 is 2.71 bits per heavy atom. The van der Waals surface area contributed by atoms with E-state index in [4.69, 9.17) is 9.15 Å². The van der Waals surface area contributed by atoms with Gasteiger partial charge in [0.2, 0.25) is 5.91 Å². The maximum absolute atomic E-state index is 13.1. The number of hydrogen-bond acceptors (Lipinski definition) is 5. The molecule has 6 heteroatoms. The van der Waals surface area contributed by atoms with Crippen molar-refractivity contribution in [2.75, 3.05) is 26.2 Å². The van der Waals surface area contributed by atoms with E-state index in [2.05, 4.69) is 4.90 Å².